The number of nitrogens with zero attached hydrogens (tertiary/aromatic N) is 2. The molecule has 0 unspecified atom stereocenters. The van der Waals surface area contributed by atoms with Crippen molar-refractivity contribution in [3.63, 3.8) is 0 Å². The number of carbonyl (C=O) groups excluding carboxylic acids is 1. The summed E-state index contributed by atoms with van der Waals surface area (Å²) in [6.07, 6.45) is 2.12. The average molecular weight is 381 g/mol. The second kappa shape index (κ2) is 7.94. The van der Waals surface area contributed by atoms with E-state index in [-0.39, 0.29) is 16.8 Å². The first-order chi connectivity index (χ1) is 12.4. The number of amides is 1. The maximum absolute atomic E-state index is 12.8. The van der Waals surface area contributed by atoms with Crippen LogP contribution in [0.4, 0.5) is 0 Å². The molecule has 3 rings (SSSR count). The number of ether oxygens (including phenoxy) is 1. The van der Waals surface area contributed by atoms with Crippen LogP contribution in [-0.2, 0) is 14.8 Å². The van der Waals surface area contributed by atoms with Gasteiger partial charge in [-0.2, -0.15) is 4.31 Å². The van der Waals surface area contributed by atoms with Crippen LogP contribution in [0.1, 0.15) is 26.7 Å². The molecular weight excluding hydrogens is 354 g/mol. The second-order valence-electron chi connectivity index (χ2n) is 6.80. The minimum Gasteiger partial charge on any atom is -0.494 e. The van der Waals surface area contributed by atoms with E-state index in [0.29, 0.717) is 44.6 Å². The first kappa shape index (κ1) is 19.1. The van der Waals surface area contributed by atoms with Crippen molar-refractivity contribution in [2.24, 2.45) is 0 Å². The normalized spacial score (nSPS) is 20.5. The predicted octanol–water partition coefficient (Wildman–Crippen LogP) is 1.06. The molecule has 0 radical (unpaired) electrons. The Labute approximate surface area is 155 Å². The monoisotopic (exact) mass is 381 g/mol. The molecule has 1 aromatic carbocycles. The van der Waals surface area contributed by atoms with E-state index in [2.05, 4.69) is 5.32 Å². The van der Waals surface area contributed by atoms with Crippen molar-refractivity contribution in [1.82, 2.24) is 14.5 Å². The Morgan fingerprint density at radius 2 is 1.81 bits per heavy atom. The van der Waals surface area contributed by atoms with Gasteiger partial charge in [0, 0.05) is 32.2 Å². The summed E-state index contributed by atoms with van der Waals surface area (Å²) in [5.41, 5.74) is 0. The molecule has 1 aliphatic heterocycles. The highest BCUT2D eigenvalue weighted by atomic mass is 32.2. The molecule has 1 heterocycles. The van der Waals surface area contributed by atoms with E-state index in [1.54, 1.807) is 24.3 Å². The van der Waals surface area contributed by atoms with E-state index in [9.17, 15) is 13.2 Å². The standard InChI is InChI=1S/C18H27N3O4S/c1-3-25-16-6-8-17(9-7-16)26(23,24)21-12-10-20(11-13-21)14(2)18(22)19-15-4-5-15/h6-9,14-15H,3-5,10-13H2,1-2H3,(H,19,22)/t14-/m1/s1. The lowest BCUT2D eigenvalue weighted by Gasteiger charge is -2.36. The Balaban J connectivity index is 1.58. The highest BCUT2D eigenvalue weighted by molar-refractivity contribution is 7.89. The lowest BCUT2D eigenvalue weighted by atomic mass is 10.2. The quantitative estimate of drug-likeness (QED) is 0.764. The number of nitrogens with one attached hydrogen (secondary N) is 1. The molecule has 1 saturated heterocycles. The van der Waals surface area contributed by atoms with Crippen LogP contribution in [-0.4, -0.2) is 68.4 Å². The molecule has 7 nitrogen and oxygen atoms in total. The minimum absolute atomic E-state index is 0.0373. The first-order valence-corrected chi connectivity index (χ1v) is 10.6. The zero-order valence-electron chi connectivity index (χ0n) is 15.3. The van der Waals surface area contributed by atoms with Crippen molar-refractivity contribution < 1.29 is 17.9 Å². The molecule has 0 spiro atoms. The Kier molecular flexibility index (Phi) is 5.84. The number of carbonyl (C=O) groups is 1. The van der Waals surface area contributed by atoms with E-state index in [1.165, 1.54) is 4.31 Å². The zero-order valence-corrected chi connectivity index (χ0v) is 16.2. The number of benzene rings is 1. The van der Waals surface area contributed by atoms with Crippen molar-refractivity contribution in [3.8, 4) is 5.75 Å². The highest BCUT2D eigenvalue weighted by Crippen LogP contribution is 2.22. The molecule has 0 aromatic heterocycles. The third-order valence-corrected chi connectivity index (χ3v) is 6.81. The van der Waals surface area contributed by atoms with Crippen molar-refractivity contribution in [1.29, 1.82) is 0 Å². The molecule has 1 N–H and O–H groups in total. The summed E-state index contributed by atoms with van der Waals surface area (Å²) in [4.78, 5) is 14.5. The van der Waals surface area contributed by atoms with Crippen LogP contribution in [0.3, 0.4) is 0 Å². The summed E-state index contributed by atoms with van der Waals surface area (Å²) in [5, 5.41) is 3.01. The van der Waals surface area contributed by atoms with Gasteiger partial charge < -0.3 is 10.1 Å². The van der Waals surface area contributed by atoms with Gasteiger partial charge in [-0.3, -0.25) is 9.69 Å². The van der Waals surface area contributed by atoms with E-state index < -0.39 is 10.0 Å². The third kappa shape index (κ3) is 4.36. The lowest BCUT2D eigenvalue weighted by molar-refractivity contribution is -0.126. The Morgan fingerprint density at radius 3 is 2.35 bits per heavy atom. The topological polar surface area (TPSA) is 79.0 Å². The third-order valence-electron chi connectivity index (χ3n) is 4.90. The zero-order chi connectivity index (χ0) is 18.7. The molecule has 2 fully saturated rings. The molecule has 1 atom stereocenters. The van der Waals surface area contributed by atoms with E-state index in [1.807, 2.05) is 18.7 Å². The molecule has 0 bridgehead atoms. The van der Waals surface area contributed by atoms with Crippen LogP contribution < -0.4 is 10.1 Å². The predicted molar refractivity (Wildman–Crippen MR) is 98.6 cm³/mol. The Morgan fingerprint density at radius 1 is 1.19 bits per heavy atom. The van der Waals surface area contributed by atoms with Crippen molar-refractivity contribution in [2.45, 2.75) is 43.7 Å². The number of sulfonamides is 1. The maximum atomic E-state index is 12.8. The molecule has 26 heavy (non-hydrogen) atoms. The average Bonchev–Trinajstić information content (AvgIpc) is 3.46. The van der Waals surface area contributed by atoms with E-state index >= 15 is 0 Å². The molecule has 8 heteroatoms. The highest BCUT2D eigenvalue weighted by Gasteiger charge is 2.33. The summed E-state index contributed by atoms with van der Waals surface area (Å²) in [7, 11) is -3.52. The second-order valence-corrected chi connectivity index (χ2v) is 8.74. The van der Waals surface area contributed by atoms with Gasteiger partial charge in [-0.05, 0) is 51.0 Å². The smallest absolute Gasteiger partial charge is 0.243 e. The summed E-state index contributed by atoms with van der Waals surface area (Å²) in [6.45, 7) is 6.18. The number of hydrogen-bond donors (Lipinski definition) is 1. The van der Waals surface area contributed by atoms with E-state index in [4.69, 9.17) is 4.74 Å². The lowest BCUT2D eigenvalue weighted by Crippen LogP contribution is -2.55. The van der Waals surface area contributed by atoms with Crippen LogP contribution in [0.5, 0.6) is 5.75 Å². The Bertz CT molecular complexity index is 723. The van der Waals surface area contributed by atoms with Crippen LogP contribution >= 0.6 is 0 Å². The first-order valence-electron chi connectivity index (χ1n) is 9.19. The molecule has 1 aliphatic carbocycles. The van der Waals surface area contributed by atoms with Crippen molar-refractivity contribution in [3.05, 3.63) is 24.3 Å². The van der Waals surface area contributed by atoms with Gasteiger partial charge in [-0.1, -0.05) is 0 Å². The Hall–Kier alpha value is -1.64. The van der Waals surface area contributed by atoms with E-state index in [0.717, 1.165) is 12.8 Å². The summed E-state index contributed by atoms with van der Waals surface area (Å²) in [6, 6.07) is 6.63. The van der Waals surface area contributed by atoms with Gasteiger partial charge in [-0.15, -0.1) is 0 Å². The molecular formula is C18H27N3O4S. The molecule has 2 aliphatic rings. The number of hydrogen-bond acceptors (Lipinski definition) is 5. The van der Waals surface area contributed by atoms with Crippen LogP contribution in [0.15, 0.2) is 29.2 Å². The van der Waals surface area contributed by atoms with Gasteiger partial charge in [0.2, 0.25) is 15.9 Å². The van der Waals surface area contributed by atoms with Crippen LogP contribution in [0.2, 0.25) is 0 Å². The van der Waals surface area contributed by atoms with Crippen molar-refractivity contribution >= 4 is 15.9 Å². The summed E-state index contributed by atoms with van der Waals surface area (Å²) >= 11 is 0. The van der Waals surface area contributed by atoms with Gasteiger partial charge >= 0.3 is 0 Å². The molecule has 144 valence electrons. The van der Waals surface area contributed by atoms with Crippen LogP contribution in [0, 0.1) is 0 Å². The van der Waals surface area contributed by atoms with Gasteiger partial charge in [0.15, 0.2) is 0 Å². The maximum Gasteiger partial charge on any atom is 0.243 e. The summed E-state index contributed by atoms with van der Waals surface area (Å²) in [5.74, 6) is 0.696. The molecule has 1 saturated carbocycles. The van der Waals surface area contributed by atoms with Gasteiger partial charge in [0.05, 0.1) is 17.5 Å². The fourth-order valence-electron chi connectivity index (χ4n) is 3.07. The van der Waals surface area contributed by atoms with Gasteiger partial charge in [0.1, 0.15) is 5.75 Å². The SMILES string of the molecule is CCOc1ccc(S(=O)(=O)N2CCN([C@H](C)C(=O)NC3CC3)CC2)cc1. The number of piperazine rings is 1. The minimum atomic E-state index is -3.52. The fourth-order valence-corrected chi connectivity index (χ4v) is 4.49. The summed E-state index contributed by atoms with van der Waals surface area (Å²) < 4.78 is 32.5. The largest absolute Gasteiger partial charge is 0.494 e. The van der Waals surface area contributed by atoms with Crippen molar-refractivity contribution in [2.75, 3.05) is 32.8 Å². The molecule has 1 aromatic rings. The fraction of sp³-hybridized carbons (Fsp3) is 0.611. The van der Waals surface area contributed by atoms with Gasteiger partial charge in [-0.25, -0.2) is 8.42 Å². The molecule has 1 amide bonds. The van der Waals surface area contributed by atoms with Gasteiger partial charge in [0.25, 0.3) is 0 Å². The number of rotatable bonds is 7. The van der Waals surface area contributed by atoms with Crippen LogP contribution in [0.25, 0.3) is 0 Å².